The molecule has 0 amide bonds. The highest BCUT2D eigenvalue weighted by atomic mass is 16.5. The molecule has 0 aliphatic carbocycles. The van der Waals surface area contributed by atoms with E-state index >= 15 is 0 Å². The van der Waals surface area contributed by atoms with Crippen molar-refractivity contribution < 1.29 is 4.74 Å². The van der Waals surface area contributed by atoms with Gasteiger partial charge in [0.2, 0.25) is 0 Å². The fourth-order valence-electron chi connectivity index (χ4n) is 2.46. The molecule has 0 aromatic heterocycles. The van der Waals surface area contributed by atoms with Gasteiger partial charge in [-0.2, -0.15) is 0 Å². The van der Waals surface area contributed by atoms with Crippen molar-refractivity contribution in [2.24, 2.45) is 0 Å². The van der Waals surface area contributed by atoms with E-state index in [4.69, 9.17) is 4.74 Å². The van der Waals surface area contributed by atoms with Crippen molar-refractivity contribution in [3.8, 4) is 5.75 Å². The Morgan fingerprint density at radius 2 is 1.62 bits per heavy atom. The number of benzene rings is 2. The minimum Gasteiger partial charge on any atom is -0.491 e. The molecule has 2 aromatic carbocycles. The van der Waals surface area contributed by atoms with Crippen LogP contribution in [0.15, 0.2) is 48.5 Å². The smallest absolute Gasteiger partial charge is 0.124 e. The highest BCUT2D eigenvalue weighted by molar-refractivity contribution is 5.34. The monoisotopic (exact) mass is 283 g/mol. The third-order valence-electron chi connectivity index (χ3n) is 3.59. The summed E-state index contributed by atoms with van der Waals surface area (Å²) in [6, 6.07) is 17.1. The first-order chi connectivity index (χ1) is 10.1. The normalized spacial score (nSPS) is 12.4. The minimum absolute atomic E-state index is 0.194. The molecule has 0 saturated heterocycles. The third kappa shape index (κ3) is 4.33. The second kappa shape index (κ2) is 7.28. The van der Waals surface area contributed by atoms with Crippen molar-refractivity contribution in [3.05, 3.63) is 65.2 Å². The standard InChI is InChI=1S/C19H25NO/c1-14(2)21-19-12-8-6-10-17(19)13-20-16(4)18-11-7-5-9-15(18)3/h5-12,14,16,20H,13H2,1-4H3/t16-/m0/s1. The second-order valence-electron chi connectivity index (χ2n) is 5.73. The molecule has 2 rings (SSSR count). The first-order valence-corrected chi connectivity index (χ1v) is 7.61. The molecule has 0 radical (unpaired) electrons. The molecule has 0 heterocycles. The van der Waals surface area contributed by atoms with Crippen LogP contribution >= 0.6 is 0 Å². The zero-order chi connectivity index (χ0) is 15.2. The maximum Gasteiger partial charge on any atom is 0.124 e. The Morgan fingerprint density at radius 1 is 0.952 bits per heavy atom. The van der Waals surface area contributed by atoms with Gasteiger partial charge in [-0.25, -0.2) is 0 Å². The molecule has 2 heteroatoms. The van der Waals surface area contributed by atoms with Crippen LogP contribution in [0.3, 0.4) is 0 Å². The molecule has 0 aliphatic rings. The summed E-state index contributed by atoms with van der Waals surface area (Å²) in [7, 11) is 0. The number of aryl methyl sites for hydroxylation is 1. The van der Waals surface area contributed by atoms with E-state index in [0.29, 0.717) is 6.04 Å². The third-order valence-corrected chi connectivity index (χ3v) is 3.59. The predicted molar refractivity (Wildman–Crippen MR) is 88.6 cm³/mol. The average molecular weight is 283 g/mol. The Labute approximate surface area is 128 Å². The highest BCUT2D eigenvalue weighted by Gasteiger charge is 2.09. The fraction of sp³-hybridized carbons (Fsp3) is 0.368. The molecule has 0 bridgehead atoms. The van der Waals surface area contributed by atoms with E-state index in [2.05, 4.69) is 69.4 Å². The SMILES string of the molecule is Cc1ccccc1[C@H](C)NCc1ccccc1OC(C)C. The molecule has 21 heavy (non-hydrogen) atoms. The van der Waals surface area contributed by atoms with Gasteiger partial charge in [0.1, 0.15) is 5.75 Å². The van der Waals surface area contributed by atoms with Crippen LogP contribution in [0.4, 0.5) is 0 Å². The number of hydrogen-bond donors (Lipinski definition) is 1. The van der Waals surface area contributed by atoms with Crippen LogP contribution in [0.25, 0.3) is 0 Å². The quantitative estimate of drug-likeness (QED) is 0.834. The molecule has 0 fully saturated rings. The van der Waals surface area contributed by atoms with Crippen molar-refractivity contribution in [2.75, 3.05) is 0 Å². The largest absolute Gasteiger partial charge is 0.491 e. The average Bonchev–Trinajstić information content (AvgIpc) is 2.46. The van der Waals surface area contributed by atoms with E-state index in [9.17, 15) is 0 Å². The second-order valence-corrected chi connectivity index (χ2v) is 5.73. The van der Waals surface area contributed by atoms with Crippen LogP contribution in [0.5, 0.6) is 5.75 Å². The van der Waals surface area contributed by atoms with E-state index < -0.39 is 0 Å². The van der Waals surface area contributed by atoms with Crippen LogP contribution in [-0.2, 0) is 6.54 Å². The van der Waals surface area contributed by atoms with E-state index in [1.165, 1.54) is 16.7 Å². The first-order valence-electron chi connectivity index (χ1n) is 7.61. The lowest BCUT2D eigenvalue weighted by molar-refractivity contribution is 0.239. The molecular weight excluding hydrogens is 258 g/mol. The summed E-state index contributed by atoms with van der Waals surface area (Å²) in [6.07, 6.45) is 0.194. The predicted octanol–water partition coefficient (Wildman–Crippen LogP) is 4.63. The number of rotatable bonds is 6. The molecular formula is C19H25NO. The van der Waals surface area contributed by atoms with Gasteiger partial charge in [0.05, 0.1) is 6.10 Å². The van der Waals surface area contributed by atoms with Gasteiger partial charge in [-0.3, -0.25) is 0 Å². The summed E-state index contributed by atoms with van der Waals surface area (Å²) in [5.74, 6) is 0.969. The highest BCUT2D eigenvalue weighted by Crippen LogP contribution is 2.22. The molecule has 2 aromatic rings. The van der Waals surface area contributed by atoms with Crippen molar-refractivity contribution in [3.63, 3.8) is 0 Å². The molecule has 112 valence electrons. The molecule has 0 aliphatic heterocycles. The molecule has 0 unspecified atom stereocenters. The summed E-state index contributed by atoms with van der Waals surface area (Å²) >= 11 is 0. The van der Waals surface area contributed by atoms with Crippen LogP contribution in [0.1, 0.15) is 43.5 Å². The topological polar surface area (TPSA) is 21.3 Å². The van der Waals surface area contributed by atoms with Gasteiger partial charge in [-0.1, -0.05) is 42.5 Å². The van der Waals surface area contributed by atoms with Crippen molar-refractivity contribution >= 4 is 0 Å². The molecule has 0 spiro atoms. The van der Waals surface area contributed by atoms with Crippen LogP contribution in [0, 0.1) is 6.92 Å². The van der Waals surface area contributed by atoms with Gasteiger partial charge in [-0.05, 0) is 44.9 Å². The van der Waals surface area contributed by atoms with Gasteiger partial charge in [0.25, 0.3) is 0 Å². The van der Waals surface area contributed by atoms with Crippen LogP contribution < -0.4 is 10.1 Å². The Hall–Kier alpha value is -1.80. The van der Waals surface area contributed by atoms with Crippen LogP contribution in [-0.4, -0.2) is 6.10 Å². The van der Waals surface area contributed by atoms with Gasteiger partial charge in [-0.15, -0.1) is 0 Å². The van der Waals surface area contributed by atoms with Gasteiger partial charge in [0.15, 0.2) is 0 Å². The van der Waals surface area contributed by atoms with Gasteiger partial charge < -0.3 is 10.1 Å². The molecule has 0 saturated carbocycles. The number of ether oxygens (including phenoxy) is 1. The Bertz CT molecular complexity index is 577. The lowest BCUT2D eigenvalue weighted by Gasteiger charge is -2.19. The molecule has 1 atom stereocenters. The van der Waals surface area contributed by atoms with E-state index in [-0.39, 0.29) is 6.10 Å². The maximum absolute atomic E-state index is 5.87. The zero-order valence-electron chi connectivity index (χ0n) is 13.4. The van der Waals surface area contributed by atoms with Crippen molar-refractivity contribution in [1.29, 1.82) is 0 Å². The summed E-state index contributed by atoms with van der Waals surface area (Å²) in [6.45, 7) is 9.27. The number of hydrogen-bond acceptors (Lipinski definition) is 2. The Morgan fingerprint density at radius 3 is 2.33 bits per heavy atom. The van der Waals surface area contributed by atoms with Gasteiger partial charge >= 0.3 is 0 Å². The van der Waals surface area contributed by atoms with E-state index in [1.807, 2.05) is 12.1 Å². The maximum atomic E-state index is 5.87. The lowest BCUT2D eigenvalue weighted by Crippen LogP contribution is -2.19. The van der Waals surface area contributed by atoms with Gasteiger partial charge in [0, 0.05) is 18.2 Å². The molecule has 2 nitrogen and oxygen atoms in total. The van der Waals surface area contributed by atoms with E-state index in [1.54, 1.807) is 0 Å². The summed E-state index contributed by atoms with van der Waals surface area (Å²) in [4.78, 5) is 0. The number of nitrogens with one attached hydrogen (secondary N) is 1. The summed E-state index contributed by atoms with van der Waals surface area (Å²) in [5.41, 5.74) is 3.87. The Balaban J connectivity index is 2.05. The summed E-state index contributed by atoms with van der Waals surface area (Å²) < 4.78 is 5.87. The summed E-state index contributed by atoms with van der Waals surface area (Å²) in [5, 5.41) is 3.59. The Kier molecular flexibility index (Phi) is 5.40. The zero-order valence-corrected chi connectivity index (χ0v) is 13.4. The lowest BCUT2D eigenvalue weighted by atomic mass is 10.0. The first kappa shape index (κ1) is 15.6. The number of para-hydroxylation sites is 1. The minimum atomic E-state index is 0.194. The molecule has 1 N–H and O–H groups in total. The van der Waals surface area contributed by atoms with Crippen LogP contribution in [0.2, 0.25) is 0 Å². The van der Waals surface area contributed by atoms with E-state index in [0.717, 1.165) is 12.3 Å². The fourth-order valence-corrected chi connectivity index (χ4v) is 2.46. The van der Waals surface area contributed by atoms with Crippen molar-refractivity contribution in [2.45, 2.75) is 46.4 Å². The van der Waals surface area contributed by atoms with Crippen molar-refractivity contribution in [1.82, 2.24) is 5.32 Å².